The second-order valence-corrected chi connectivity index (χ2v) is 11.5. The normalized spacial score (nSPS) is 14.0. The summed E-state index contributed by atoms with van der Waals surface area (Å²) in [4.78, 5) is 7.49. The van der Waals surface area contributed by atoms with Gasteiger partial charge in [-0.2, -0.15) is 13.2 Å². The number of hydrogen-bond donors (Lipinski definition) is 0. The molecule has 0 radical (unpaired) electrons. The van der Waals surface area contributed by atoms with Crippen LogP contribution in [0.25, 0.3) is 22.6 Å². The molecule has 0 unspecified atom stereocenters. The zero-order valence-electron chi connectivity index (χ0n) is 25.5. The zero-order valence-corrected chi connectivity index (χ0v) is 26.3. The summed E-state index contributed by atoms with van der Waals surface area (Å²) in [6, 6.07) is 24.0. The molecule has 0 saturated heterocycles. The lowest BCUT2D eigenvalue weighted by atomic mass is 9.88. The molecule has 1 aromatic heterocycles. The molecule has 1 fully saturated rings. The maximum absolute atomic E-state index is 13.6. The largest absolute Gasteiger partial charge is 0.416 e. The Morgan fingerprint density at radius 1 is 0.860 bits per heavy atom. The maximum atomic E-state index is 13.6. The average molecular weight is 610 g/mol. The smallest absolute Gasteiger partial charge is 0.326 e. The molecule has 0 N–H and O–H groups in total. The van der Waals surface area contributed by atoms with Crippen molar-refractivity contribution >= 4 is 11.6 Å². The van der Waals surface area contributed by atoms with Crippen molar-refractivity contribution in [3.8, 4) is 22.6 Å². The number of hydrogen-bond acceptors (Lipinski definition) is 2. The van der Waals surface area contributed by atoms with Gasteiger partial charge in [0.15, 0.2) is 0 Å². The SMILES string of the molecule is CC.CCCn1c(-c2ccccc2)nc(-c2ccccc2)c1CN(Cc1cc(C(F)(F)F)ccc1Cl)CC1CCCCC1. The van der Waals surface area contributed by atoms with Gasteiger partial charge in [0.05, 0.1) is 17.0 Å². The van der Waals surface area contributed by atoms with Crippen LogP contribution in [0.15, 0.2) is 78.9 Å². The van der Waals surface area contributed by atoms with Crippen molar-refractivity contribution < 1.29 is 13.2 Å². The van der Waals surface area contributed by atoms with Crippen molar-refractivity contribution in [2.24, 2.45) is 5.92 Å². The fourth-order valence-electron chi connectivity index (χ4n) is 5.99. The Morgan fingerprint density at radius 3 is 2.09 bits per heavy atom. The van der Waals surface area contributed by atoms with Crippen molar-refractivity contribution in [3.05, 3.63) is 101 Å². The van der Waals surface area contributed by atoms with Crippen LogP contribution in [0, 0.1) is 5.92 Å². The lowest BCUT2D eigenvalue weighted by Crippen LogP contribution is -2.31. The molecule has 43 heavy (non-hydrogen) atoms. The van der Waals surface area contributed by atoms with Gasteiger partial charge in [-0.1, -0.05) is 112 Å². The molecule has 230 valence electrons. The summed E-state index contributed by atoms with van der Waals surface area (Å²) in [7, 11) is 0. The minimum Gasteiger partial charge on any atom is -0.326 e. The molecule has 0 amide bonds. The third kappa shape index (κ3) is 8.51. The van der Waals surface area contributed by atoms with E-state index in [1.54, 1.807) is 0 Å². The first-order chi connectivity index (χ1) is 20.8. The van der Waals surface area contributed by atoms with Gasteiger partial charge in [-0.15, -0.1) is 0 Å². The number of halogens is 4. The van der Waals surface area contributed by atoms with E-state index < -0.39 is 11.7 Å². The third-order valence-corrected chi connectivity index (χ3v) is 8.35. The lowest BCUT2D eigenvalue weighted by molar-refractivity contribution is -0.137. The molecule has 0 atom stereocenters. The van der Waals surface area contributed by atoms with Gasteiger partial charge in [0, 0.05) is 42.3 Å². The molecule has 5 rings (SSSR count). The predicted molar refractivity (Wildman–Crippen MR) is 172 cm³/mol. The highest BCUT2D eigenvalue weighted by atomic mass is 35.5. The first-order valence-electron chi connectivity index (χ1n) is 15.6. The van der Waals surface area contributed by atoms with Crippen molar-refractivity contribution in [3.63, 3.8) is 0 Å². The van der Waals surface area contributed by atoms with E-state index in [4.69, 9.17) is 16.6 Å². The van der Waals surface area contributed by atoms with Gasteiger partial charge >= 0.3 is 6.18 Å². The molecule has 0 spiro atoms. The fourth-order valence-corrected chi connectivity index (χ4v) is 6.17. The van der Waals surface area contributed by atoms with E-state index in [9.17, 15) is 13.2 Å². The molecule has 3 nitrogen and oxygen atoms in total. The van der Waals surface area contributed by atoms with E-state index in [0.717, 1.165) is 66.8 Å². The summed E-state index contributed by atoms with van der Waals surface area (Å²) in [5, 5.41) is 0.363. The summed E-state index contributed by atoms with van der Waals surface area (Å²) >= 11 is 6.52. The number of alkyl halides is 3. The number of imidazole rings is 1. The molecule has 1 saturated carbocycles. The van der Waals surface area contributed by atoms with Crippen LogP contribution >= 0.6 is 11.6 Å². The molecular weight excluding hydrogens is 567 g/mol. The molecule has 1 aliphatic carbocycles. The Hall–Kier alpha value is -3.09. The van der Waals surface area contributed by atoms with Crippen molar-refractivity contribution in [1.29, 1.82) is 0 Å². The van der Waals surface area contributed by atoms with Crippen LogP contribution in [0.2, 0.25) is 5.02 Å². The van der Waals surface area contributed by atoms with Crippen molar-refractivity contribution in [2.75, 3.05) is 6.54 Å². The van der Waals surface area contributed by atoms with Crippen LogP contribution < -0.4 is 0 Å². The first-order valence-corrected chi connectivity index (χ1v) is 16.0. The van der Waals surface area contributed by atoms with E-state index in [2.05, 4.69) is 40.7 Å². The monoisotopic (exact) mass is 609 g/mol. The predicted octanol–water partition coefficient (Wildman–Crippen LogP) is 10.9. The molecule has 3 aromatic carbocycles. The molecule has 0 aliphatic heterocycles. The summed E-state index contributed by atoms with van der Waals surface area (Å²) in [5.74, 6) is 1.42. The van der Waals surface area contributed by atoms with Crippen LogP contribution in [0.5, 0.6) is 0 Å². The van der Waals surface area contributed by atoms with Crippen LogP contribution in [0.3, 0.4) is 0 Å². The van der Waals surface area contributed by atoms with Crippen LogP contribution in [0.4, 0.5) is 13.2 Å². The van der Waals surface area contributed by atoms with Gasteiger partial charge in [-0.05, 0) is 48.9 Å². The molecule has 4 aromatic rings. The number of benzene rings is 3. The fraction of sp³-hybridized carbons (Fsp3) is 0.417. The molecular formula is C36H43ClF3N3. The summed E-state index contributed by atoms with van der Waals surface area (Å²) in [6.45, 7) is 8.65. The molecule has 1 heterocycles. The molecule has 1 aliphatic rings. The lowest BCUT2D eigenvalue weighted by Gasteiger charge is -2.31. The highest BCUT2D eigenvalue weighted by Crippen LogP contribution is 2.35. The second kappa shape index (κ2) is 15.6. The van der Waals surface area contributed by atoms with E-state index in [0.29, 0.717) is 29.6 Å². The maximum Gasteiger partial charge on any atom is 0.416 e. The van der Waals surface area contributed by atoms with Crippen LogP contribution in [0.1, 0.15) is 76.1 Å². The van der Waals surface area contributed by atoms with Gasteiger partial charge in [0.25, 0.3) is 0 Å². The number of aromatic nitrogens is 2. The van der Waals surface area contributed by atoms with Crippen molar-refractivity contribution in [2.45, 2.75) is 85.1 Å². The van der Waals surface area contributed by atoms with Gasteiger partial charge < -0.3 is 4.57 Å². The Balaban J connectivity index is 0.00000207. The Labute approximate surface area is 259 Å². The standard InChI is InChI=1S/C34H37ClF3N3.C2H6/c1-2-20-41-31(32(26-14-8-4-9-15-26)39-33(41)27-16-10-5-11-17-27)24-40(22-25-12-6-3-7-13-25)23-28-21-29(34(36,37)38)18-19-30(28)35;1-2/h4-5,8-11,14-19,21,25H,2-3,6-7,12-13,20,22-24H2,1H3;1-2H3. The summed E-state index contributed by atoms with van der Waals surface area (Å²) in [6.07, 6.45) is 2.44. The number of nitrogens with zero attached hydrogens (tertiary/aromatic N) is 3. The van der Waals surface area contributed by atoms with E-state index in [1.807, 2.05) is 50.2 Å². The quantitative estimate of drug-likeness (QED) is 0.178. The average Bonchev–Trinajstić information content (AvgIpc) is 3.37. The first kappa shape index (κ1) is 32.8. The highest BCUT2D eigenvalue weighted by Gasteiger charge is 2.31. The van der Waals surface area contributed by atoms with Gasteiger partial charge in [0.1, 0.15) is 5.82 Å². The highest BCUT2D eigenvalue weighted by molar-refractivity contribution is 6.31. The molecule has 0 bridgehead atoms. The Bertz CT molecular complexity index is 1410. The second-order valence-electron chi connectivity index (χ2n) is 11.1. The Morgan fingerprint density at radius 2 is 1.49 bits per heavy atom. The Kier molecular flexibility index (Phi) is 11.9. The van der Waals surface area contributed by atoms with Crippen LogP contribution in [-0.4, -0.2) is 21.0 Å². The zero-order chi connectivity index (χ0) is 30.8. The minimum atomic E-state index is -4.42. The van der Waals surface area contributed by atoms with Gasteiger partial charge in [-0.3, -0.25) is 4.90 Å². The van der Waals surface area contributed by atoms with Crippen LogP contribution in [-0.2, 0) is 25.8 Å². The van der Waals surface area contributed by atoms with E-state index >= 15 is 0 Å². The van der Waals surface area contributed by atoms with Gasteiger partial charge in [-0.25, -0.2) is 4.98 Å². The van der Waals surface area contributed by atoms with E-state index in [-0.39, 0.29) is 0 Å². The number of rotatable bonds is 10. The molecule has 7 heteroatoms. The van der Waals surface area contributed by atoms with Gasteiger partial charge in [0.2, 0.25) is 0 Å². The minimum absolute atomic E-state index is 0.339. The summed E-state index contributed by atoms with van der Waals surface area (Å²) < 4.78 is 43.2. The topological polar surface area (TPSA) is 21.1 Å². The van der Waals surface area contributed by atoms with Crippen molar-refractivity contribution in [1.82, 2.24) is 14.5 Å². The summed E-state index contributed by atoms with van der Waals surface area (Å²) in [5.41, 5.74) is 3.91. The van der Waals surface area contributed by atoms with E-state index in [1.165, 1.54) is 31.4 Å². The third-order valence-electron chi connectivity index (χ3n) is 7.98.